The fraction of sp³-hybridized carbons (Fsp3) is 0.348. The molecule has 0 bridgehead atoms. The SMILES string of the molecule is Cc1ccc(-n2cnn(CN3CCC(NC(=O)c4ccccc4)CC3)c2=S)c(C)c1. The molecule has 1 saturated heterocycles. The molecule has 30 heavy (non-hydrogen) atoms. The molecule has 3 aromatic rings. The molecule has 156 valence electrons. The zero-order chi connectivity index (χ0) is 21.1. The van der Waals surface area contributed by atoms with Crippen LogP contribution < -0.4 is 5.32 Å². The van der Waals surface area contributed by atoms with E-state index in [0.29, 0.717) is 17.0 Å². The van der Waals surface area contributed by atoms with Crippen LogP contribution in [-0.2, 0) is 6.67 Å². The Morgan fingerprint density at radius 2 is 1.87 bits per heavy atom. The van der Waals surface area contributed by atoms with E-state index in [-0.39, 0.29) is 11.9 Å². The van der Waals surface area contributed by atoms with E-state index in [1.807, 2.05) is 39.6 Å². The number of carbonyl (C=O) groups excluding carboxylic acids is 1. The number of hydrogen-bond acceptors (Lipinski definition) is 4. The van der Waals surface area contributed by atoms with Crippen LogP contribution in [0.3, 0.4) is 0 Å². The summed E-state index contributed by atoms with van der Waals surface area (Å²) in [5.74, 6) is 0.00322. The minimum Gasteiger partial charge on any atom is -0.349 e. The number of rotatable bonds is 5. The highest BCUT2D eigenvalue weighted by Gasteiger charge is 2.22. The van der Waals surface area contributed by atoms with Gasteiger partial charge in [0, 0.05) is 24.7 Å². The molecule has 1 aliphatic heterocycles. The van der Waals surface area contributed by atoms with Crippen LogP contribution in [0.5, 0.6) is 0 Å². The number of piperidine rings is 1. The standard InChI is InChI=1S/C23H27N5OS/c1-17-8-9-21(18(2)14-17)27-15-24-28(23(27)30)16-26-12-10-20(11-13-26)25-22(29)19-6-4-3-5-7-19/h3-9,14-15,20H,10-13,16H2,1-2H3,(H,25,29). The van der Waals surface area contributed by atoms with Gasteiger partial charge in [-0.15, -0.1) is 0 Å². The lowest BCUT2D eigenvalue weighted by molar-refractivity contribution is 0.0896. The highest BCUT2D eigenvalue weighted by molar-refractivity contribution is 7.71. The molecule has 2 heterocycles. The number of amides is 1. The van der Waals surface area contributed by atoms with E-state index in [9.17, 15) is 4.79 Å². The average molecular weight is 422 g/mol. The van der Waals surface area contributed by atoms with E-state index in [0.717, 1.165) is 31.6 Å². The van der Waals surface area contributed by atoms with Crippen LogP contribution in [-0.4, -0.2) is 44.3 Å². The van der Waals surface area contributed by atoms with Crippen molar-refractivity contribution in [2.24, 2.45) is 0 Å². The Balaban J connectivity index is 1.35. The van der Waals surface area contributed by atoms with Gasteiger partial charge in [0.2, 0.25) is 4.77 Å². The first kappa shape index (κ1) is 20.5. The van der Waals surface area contributed by atoms with Crippen LogP contribution in [0.2, 0.25) is 0 Å². The van der Waals surface area contributed by atoms with Crippen LogP contribution in [0.25, 0.3) is 5.69 Å². The van der Waals surface area contributed by atoms with E-state index >= 15 is 0 Å². The van der Waals surface area contributed by atoms with Gasteiger partial charge in [0.15, 0.2) is 0 Å². The largest absolute Gasteiger partial charge is 0.349 e. The van der Waals surface area contributed by atoms with Gasteiger partial charge in [0.25, 0.3) is 5.91 Å². The summed E-state index contributed by atoms with van der Waals surface area (Å²) < 4.78 is 4.54. The van der Waals surface area contributed by atoms with E-state index in [1.165, 1.54) is 11.1 Å². The molecule has 1 aliphatic rings. The Bertz CT molecular complexity index is 1080. The number of carbonyl (C=O) groups is 1. The van der Waals surface area contributed by atoms with Crippen molar-refractivity contribution in [3.05, 3.63) is 76.3 Å². The Morgan fingerprint density at radius 3 is 2.57 bits per heavy atom. The van der Waals surface area contributed by atoms with Crippen molar-refractivity contribution < 1.29 is 4.79 Å². The monoisotopic (exact) mass is 421 g/mol. The summed E-state index contributed by atoms with van der Waals surface area (Å²) in [6.45, 7) is 6.65. The summed E-state index contributed by atoms with van der Waals surface area (Å²) in [5.41, 5.74) is 4.19. The predicted octanol–water partition coefficient (Wildman–Crippen LogP) is 3.87. The second-order valence-electron chi connectivity index (χ2n) is 7.95. The number of nitrogens with one attached hydrogen (secondary N) is 1. The molecule has 0 unspecified atom stereocenters. The van der Waals surface area contributed by atoms with Crippen molar-refractivity contribution in [2.75, 3.05) is 13.1 Å². The van der Waals surface area contributed by atoms with Gasteiger partial charge < -0.3 is 5.32 Å². The molecule has 1 fully saturated rings. The lowest BCUT2D eigenvalue weighted by Gasteiger charge is -2.32. The number of aryl methyl sites for hydroxylation is 2. The van der Waals surface area contributed by atoms with Crippen LogP contribution in [0.4, 0.5) is 0 Å². The van der Waals surface area contributed by atoms with Gasteiger partial charge in [0.05, 0.1) is 12.4 Å². The van der Waals surface area contributed by atoms with Crippen molar-refractivity contribution in [2.45, 2.75) is 39.4 Å². The summed E-state index contributed by atoms with van der Waals surface area (Å²) in [6, 6.07) is 15.9. The van der Waals surface area contributed by atoms with Crippen LogP contribution in [0.15, 0.2) is 54.9 Å². The molecule has 0 saturated carbocycles. The van der Waals surface area contributed by atoms with E-state index in [2.05, 4.69) is 47.4 Å². The zero-order valence-electron chi connectivity index (χ0n) is 17.4. The Kier molecular flexibility index (Phi) is 6.11. The minimum absolute atomic E-state index is 0.00322. The fourth-order valence-corrected chi connectivity index (χ4v) is 4.19. The molecule has 0 atom stereocenters. The molecule has 1 aromatic heterocycles. The molecule has 1 amide bonds. The Hall–Kier alpha value is -2.77. The van der Waals surface area contributed by atoms with E-state index in [4.69, 9.17) is 12.2 Å². The summed E-state index contributed by atoms with van der Waals surface area (Å²) in [6.07, 6.45) is 3.64. The molecule has 4 rings (SSSR count). The smallest absolute Gasteiger partial charge is 0.251 e. The molecule has 2 aromatic carbocycles. The van der Waals surface area contributed by atoms with Gasteiger partial charge in [-0.25, -0.2) is 4.68 Å². The highest BCUT2D eigenvalue weighted by Crippen LogP contribution is 2.17. The Morgan fingerprint density at radius 1 is 1.13 bits per heavy atom. The first-order valence-electron chi connectivity index (χ1n) is 10.3. The van der Waals surface area contributed by atoms with Crippen molar-refractivity contribution >= 4 is 18.1 Å². The molecule has 0 spiro atoms. The van der Waals surface area contributed by atoms with Crippen molar-refractivity contribution in [3.63, 3.8) is 0 Å². The second kappa shape index (κ2) is 8.93. The van der Waals surface area contributed by atoms with Gasteiger partial charge >= 0.3 is 0 Å². The third-order valence-electron chi connectivity index (χ3n) is 5.64. The second-order valence-corrected chi connectivity index (χ2v) is 8.31. The maximum absolute atomic E-state index is 12.4. The first-order chi connectivity index (χ1) is 14.5. The molecular weight excluding hydrogens is 394 g/mol. The predicted molar refractivity (Wildman–Crippen MR) is 120 cm³/mol. The molecule has 1 N–H and O–H groups in total. The van der Waals surface area contributed by atoms with Crippen LogP contribution in [0.1, 0.15) is 34.3 Å². The maximum atomic E-state index is 12.4. The normalized spacial score (nSPS) is 15.3. The number of hydrogen-bond donors (Lipinski definition) is 1. The average Bonchev–Trinajstić information content (AvgIpc) is 3.10. The molecule has 7 heteroatoms. The van der Waals surface area contributed by atoms with Crippen molar-refractivity contribution in [3.8, 4) is 5.69 Å². The van der Waals surface area contributed by atoms with E-state index in [1.54, 1.807) is 6.33 Å². The summed E-state index contributed by atoms with van der Waals surface area (Å²) >= 11 is 5.68. The van der Waals surface area contributed by atoms with Gasteiger partial charge in [0.1, 0.15) is 6.33 Å². The lowest BCUT2D eigenvalue weighted by atomic mass is 10.0. The molecule has 0 radical (unpaired) electrons. The summed E-state index contributed by atoms with van der Waals surface area (Å²) in [7, 11) is 0. The lowest BCUT2D eigenvalue weighted by Crippen LogP contribution is -2.45. The summed E-state index contributed by atoms with van der Waals surface area (Å²) in [5, 5.41) is 7.68. The fourth-order valence-electron chi connectivity index (χ4n) is 3.94. The number of likely N-dealkylation sites (tertiary alicyclic amines) is 1. The first-order valence-corrected chi connectivity index (χ1v) is 10.7. The summed E-state index contributed by atoms with van der Waals surface area (Å²) in [4.78, 5) is 14.7. The zero-order valence-corrected chi connectivity index (χ0v) is 18.2. The van der Waals surface area contributed by atoms with Crippen LogP contribution >= 0.6 is 12.2 Å². The molecule has 0 aliphatic carbocycles. The third kappa shape index (κ3) is 4.52. The minimum atomic E-state index is 0.00322. The maximum Gasteiger partial charge on any atom is 0.251 e. The van der Waals surface area contributed by atoms with E-state index < -0.39 is 0 Å². The van der Waals surface area contributed by atoms with Crippen molar-refractivity contribution in [1.82, 2.24) is 24.6 Å². The molecule has 6 nitrogen and oxygen atoms in total. The highest BCUT2D eigenvalue weighted by atomic mass is 32.1. The van der Waals surface area contributed by atoms with Crippen molar-refractivity contribution in [1.29, 1.82) is 0 Å². The number of aromatic nitrogens is 3. The van der Waals surface area contributed by atoms with Gasteiger partial charge in [-0.05, 0) is 62.7 Å². The molecular formula is C23H27N5OS. The number of nitrogens with zero attached hydrogens (tertiary/aromatic N) is 4. The quantitative estimate of drug-likeness (QED) is 0.636. The van der Waals surface area contributed by atoms with Gasteiger partial charge in [-0.3, -0.25) is 14.3 Å². The van der Waals surface area contributed by atoms with Gasteiger partial charge in [-0.2, -0.15) is 5.10 Å². The van der Waals surface area contributed by atoms with Gasteiger partial charge in [-0.1, -0.05) is 35.9 Å². The number of benzene rings is 2. The third-order valence-corrected chi connectivity index (χ3v) is 6.05. The Labute approximate surface area is 182 Å². The topological polar surface area (TPSA) is 55.1 Å². The van der Waals surface area contributed by atoms with Crippen LogP contribution in [0, 0.1) is 18.6 Å².